The first kappa shape index (κ1) is 41.1. The molecule has 0 aliphatic heterocycles. The maximum atomic E-state index is 12.5. The van der Waals surface area contributed by atoms with E-state index in [0.717, 1.165) is 64.8 Å². The fourth-order valence-corrected chi connectivity index (χ4v) is 8.07. The largest absolute Gasteiger partial charge is 0.507 e. The molecule has 54 heavy (non-hydrogen) atoms. The molecule has 4 aromatic carbocycles. The van der Waals surface area contributed by atoms with Crippen molar-refractivity contribution in [2.24, 2.45) is 0 Å². The number of rotatable bonds is 9. The number of aromatic nitrogens is 2. The van der Waals surface area contributed by atoms with Crippen LogP contribution in [0, 0.1) is 13.8 Å². The van der Waals surface area contributed by atoms with E-state index < -0.39 is 5.60 Å². The maximum absolute atomic E-state index is 12.5. The number of aromatic hydroxyl groups is 1. The number of anilines is 1. The molecule has 12 heteroatoms. The van der Waals surface area contributed by atoms with Crippen molar-refractivity contribution in [2.45, 2.75) is 53.6 Å². The zero-order chi connectivity index (χ0) is 39.2. The molecule has 2 aromatic heterocycles. The lowest BCUT2D eigenvalue weighted by Crippen LogP contribution is -2.34. The third-order valence-electron chi connectivity index (χ3n) is 8.09. The third kappa shape index (κ3) is 10.8. The number of phenols is 1. The lowest BCUT2D eigenvalue weighted by atomic mass is 10.1. The molecule has 8 nitrogen and oxygen atoms in total. The molecule has 0 fully saturated rings. The Morgan fingerprint density at radius 3 is 1.96 bits per heavy atom. The highest BCUT2D eigenvalue weighted by Crippen LogP contribution is 2.33. The molecule has 0 radical (unpaired) electrons. The first-order valence-corrected chi connectivity index (χ1v) is 20.4. The topological polar surface area (TPSA) is 94.0 Å². The van der Waals surface area contributed by atoms with Crippen LogP contribution in [0.5, 0.6) is 11.5 Å². The fraction of sp³-hybridized carbons (Fsp3) is 0.262. The molecule has 1 amide bonds. The molecular formula is C42H43Br2N3O5S2. The quantitative estimate of drug-likeness (QED) is 0.144. The van der Waals surface area contributed by atoms with Gasteiger partial charge in [-0.2, -0.15) is 0 Å². The summed E-state index contributed by atoms with van der Waals surface area (Å²) in [5.74, 6) is 0.973. The smallest absolute Gasteiger partial charge is 0.414 e. The number of hydrogen-bond acceptors (Lipinski definition) is 9. The highest BCUT2D eigenvalue weighted by molar-refractivity contribution is 9.11. The first-order valence-electron chi connectivity index (χ1n) is 17.2. The van der Waals surface area contributed by atoms with E-state index in [-0.39, 0.29) is 18.6 Å². The van der Waals surface area contributed by atoms with Gasteiger partial charge in [-0.15, -0.1) is 22.7 Å². The van der Waals surface area contributed by atoms with Gasteiger partial charge in [0.05, 0.1) is 35.1 Å². The number of nitrogens with zero attached hydrogens (tertiary/aromatic N) is 3. The van der Waals surface area contributed by atoms with Crippen molar-refractivity contribution in [2.75, 3.05) is 25.9 Å². The number of amides is 1. The van der Waals surface area contributed by atoms with E-state index in [0.29, 0.717) is 4.47 Å². The molecule has 282 valence electrons. The summed E-state index contributed by atoms with van der Waals surface area (Å²) in [6, 6.07) is 19.7. The maximum Gasteiger partial charge on any atom is 0.414 e. The highest BCUT2D eigenvalue weighted by atomic mass is 79.9. The van der Waals surface area contributed by atoms with Gasteiger partial charge in [0.1, 0.15) is 27.1 Å². The number of ether oxygens (including phenoxy) is 3. The number of phenolic OH excluding ortho intramolecular Hbond substituents is 1. The number of carbonyl (C=O) groups is 1. The van der Waals surface area contributed by atoms with E-state index in [1.165, 1.54) is 15.8 Å². The van der Waals surface area contributed by atoms with Crippen molar-refractivity contribution in [3.63, 3.8) is 0 Å². The summed E-state index contributed by atoms with van der Waals surface area (Å²) in [5, 5.41) is 11.4. The number of methoxy groups -OCH3 is 1. The van der Waals surface area contributed by atoms with Crippen LogP contribution < -0.4 is 9.64 Å². The Morgan fingerprint density at radius 2 is 1.41 bits per heavy atom. The summed E-state index contributed by atoms with van der Waals surface area (Å²) in [6.45, 7) is 12.1. The Bertz CT molecular complexity index is 2340. The van der Waals surface area contributed by atoms with E-state index in [2.05, 4.69) is 62.8 Å². The normalized spacial score (nSPS) is 11.7. The fourth-order valence-electron chi connectivity index (χ4n) is 5.36. The number of aryl methyl sites for hydroxylation is 3. The Hall–Kier alpha value is -4.07. The van der Waals surface area contributed by atoms with Crippen molar-refractivity contribution in [1.82, 2.24) is 9.97 Å². The number of thiazole rings is 2. The van der Waals surface area contributed by atoms with Crippen molar-refractivity contribution in [3.8, 4) is 11.5 Å². The molecule has 6 rings (SSSR count). The molecule has 6 aromatic rings. The van der Waals surface area contributed by atoms with Crippen molar-refractivity contribution < 1.29 is 24.1 Å². The van der Waals surface area contributed by atoms with Crippen LogP contribution in [0.15, 0.2) is 69.6 Å². The van der Waals surface area contributed by atoms with Gasteiger partial charge in [0.2, 0.25) is 0 Å². The van der Waals surface area contributed by atoms with Crippen LogP contribution in [0.1, 0.15) is 65.5 Å². The lowest BCUT2D eigenvalue weighted by Gasteiger charge is -2.25. The molecule has 0 atom stereocenters. The van der Waals surface area contributed by atoms with Crippen molar-refractivity contribution in [3.05, 3.63) is 107 Å². The predicted octanol–water partition coefficient (Wildman–Crippen LogP) is 12.7. The molecule has 0 bridgehead atoms. The Balaban J connectivity index is 0.000000222. The number of benzene rings is 4. The summed E-state index contributed by atoms with van der Waals surface area (Å²) < 4.78 is 19.7. The minimum absolute atomic E-state index is 0.198. The minimum Gasteiger partial charge on any atom is -0.507 e. The zero-order valence-corrected chi connectivity index (χ0v) is 36.3. The van der Waals surface area contributed by atoms with E-state index in [1.54, 1.807) is 47.8 Å². The van der Waals surface area contributed by atoms with Gasteiger partial charge in [-0.05, 0) is 161 Å². The monoisotopic (exact) mass is 891 g/mol. The minimum atomic E-state index is -0.547. The summed E-state index contributed by atoms with van der Waals surface area (Å²) in [5.41, 5.74) is 7.91. The van der Waals surface area contributed by atoms with Crippen molar-refractivity contribution >= 4 is 111 Å². The molecule has 0 unspecified atom stereocenters. The number of carbonyl (C=O) groups excluding carboxylic acids is 1. The van der Waals surface area contributed by atoms with Gasteiger partial charge in [0.25, 0.3) is 0 Å². The van der Waals surface area contributed by atoms with Gasteiger partial charge in [-0.1, -0.05) is 31.2 Å². The number of halogens is 2. The average Bonchev–Trinajstić information content (AvgIpc) is 3.71. The van der Waals surface area contributed by atoms with Crippen LogP contribution in [-0.2, 0) is 15.9 Å². The molecule has 0 saturated heterocycles. The van der Waals surface area contributed by atoms with Gasteiger partial charge in [-0.3, -0.25) is 4.90 Å². The standard InChI is InChI=1S/C24H27BrN2O4S.C18H16BrNOS/c1-15-11-18-21(13-19(15)27(5)23(28)31-24(2,3)4)32-22(26-18)10-8-16-7-9-20(17(25)12-16)30-14-29-6;1-3-13-10-17-15(8-11(13)2)20-18(22-17)7-5-12-4-6-16(21)14(19)9-12/h7-13H,14H2,1-6H3;4-10,21H,3H2,1-2H3/b10-8+;7-5+. The van der Waals surface area contributed by atoms with E-state index in [1.807, 2.05) is 94.5 Å². The SMILES string of the molecule is CCc1cc2sc(/C=C/c3ccc(O)c(Br)c3)nc2cc1C.COCOc1ccc(/C=C/c2nc3cc(C)c(N(C)C(=O)OC(C)(C)C)cc3s2)cc1Br. The van der Waals surface area contributed by atoms with Gasteiger partial charge in [-0.25, -0.2) is 14.8 Å². The van der Waals surface area contributed by atoms with Gasteiger partial charge in [0, 0.05) is 14.2 Å². The van der Waals surface area contributed by atoms with Gasteiger partial charge >= 0.3 is 6.09 Å². The number of hydrogen-bond donors (Lipinski definition) is 1. The van der Waals surface area contributed by atoms with E-state index in [4.69, 9.17) is 19.2 Å². The molecule has 0 saturated carbocycles. The molecule has 0 aliphatic rings. The first-order chi connectivity index (χ1) is 25.6. The molecule has 0 aliphatic carbocycles. The Kier molecular flexibility index (Phi) is 13.7. The van der Waals surface area contributed by atoms with Crippen LogP contribution in [0.3, 0.4) is 0 Å². The Morgan fingerprint density at radius 1 is 0.833 bits per heavy atom. The van der Waals surface area contributed by atoms with Crippen LogP contribution in [0.4, 0.5) is 10.5 Å². The summed E-state index contributed by atoms with van der Waals surface area (Å²) in [7, 11) is 3.31. The summed E-state index contributed by atoms with van der Waals surface area (Å²) in [6.07, 6.45) is 8.68. The van der Waals surface area contributed by atoms with E-state index in [9.17, 15) is 9.90 Å². The van der Waals surface area contributed by atoms with Gasteiger partial charge < -0.3 is 19.3 Å². The lowest BCUT2D eigenvalue weighted by molar-refractivity contribution is 0.0505. The molecule has 0 spiro atoms. The van der Waals surface area contributed by atoms with Crippen LogP contribution in [0.25, 0.3) is 44.7 Å². The zero-order valence-electron chi connectivity index (χ0n) is 31.5. The molecule has 2 heterocycles. The second-order valence-corrected chi connectivity index (χ2v) is 17.3. The van der Waals surface area contributed by atoms with Crippen LogP contribution >= 0.6 is 54.5 Å². The molecular weight excluding hydrogens is 850 g/mol. The van der Waals surface area contributed by atoms with Crippen molar-refractivity contribution in [1.29, 1.82) is 0 Å². The molecule has 1 N–H and O–H groups in total. The predicted molar refractivity (Wildman–Crippen MR) is 233 cm³/mol. The van der Waals surface area contributed by atoms with Gasteiger partial charge in [0.15, 0.2) is 6.79 Å². The summed E-state index contributed by atoms with van der Waals surface area (Å²) in [4.78, 5) is 23.4. The highest BCUT2D eigenvalue weighted by Gasteiger charge is 2.22. The van der Waals surface area contributed by atoms with Crippen LogP contribution in [-0.4, -0.2) is 47.7 Å². The second-order valence-electron chi connectivity index (χ2n) is 13.5. The average molecular weight is 894 g/mol. The summed E-state index contributed by atoms with van der Waals surface area (Å²) >= 11 is 10.1. The Labute approximate surface area is 341 Å². The van der Waals surface area contributed by atoms with Crippen LogP contribution in [0.2, 0.25) is 0 Å². The third-order valence-corrected chi connectivity index (χ3v) is 11.3. The number of fused-ring (bicyclic) bond motifs is 2. The van der Waals surface area contributed by atoms with E-state index >= 15 is 0 Å². The second kappa shape index (κ2) is 18.0.